The van der Waals surface area contributed by atoms with Crippen LogP contribution in [0.3, 0.4) is 0 Å². The average molecular weight is 478 g/mol. The highest BCUT2D eigenvalue weighted by Crippen LogP contribution is 2.37. The van der Waals surface area contributed by atoms with Crippen molar-refractivity contribution in [2.45, 2.75) is 56.5 Å². The highest BCUT2D eigenvalue weighted by molar-refractivity contribution is 7.10. The van der Waals surface area contributed by atoms with Gasteiger partial charge in [-0.1, -0.05) is 25.3 Å². The number of carbonyl (C=O) groups is 2. The first kappa shape index (κ1) is 24.1. The van der Waals surface area contributed by atoms with Crippen LogP contribution in [0.4, 0.5) is 32.0 Å². The third-order valence-corrected chi connectivity index (χ3v) is 6.13. The predicted molar refractivity (Wildman–Crippen MR) is 107 cm³/mol. The molecule has 3 rings (SSSR count). The summed E-state index contributed by atoms with van der Waals surface area (Å²) >= 11 is 0.978. The summed E-state index contributed by atoms with van der Waals surface area (Å²) in [7, 11) is 0. The summed E-state index contributed by atoms with van der Waals surface area (Å²) in [4.78, 5) is 25.9. The number of hydrogen-bond donors (Lipinski definition) is 1. The van der Waals surface area contributed by atoms with Gasteiger partial charge < -0.3 is 5.32 Å². The average Bonchev–Trinajstić information content (AvgIpc) is 3.25. The number of alkyl halides is 6. The molecule has 174 valence electrons. The lowest BCUT2D eigenvalue weighted by molar-refractivity contribution is -0.171. The van der Waals surface area contributed by atoms with Gasteiger partial charge in [0.15, 0.2) is 6.04 Å². The van der Waals surface area contributed by atoms with Gasteiger partial charge in [0.05, 0.1) is 5.56 Å². The first-order valence-corrected chi connectivity index (χ1v) is 10.8. The molecule has 4 nitrogen and oxygen atoms in total. The molecule has 1 aliphatic rings. The zero-order valence-corrected chi connectivity index (χ0v) is 17.5. The lowest BCUT2D eigenvalue weighted by atomic mass is 9.95. The fourth-order valence-electron chi connectivity index (χ4n) is 3.68. The Balaban J connectivity index is 2.03. The summed E-state index contributed by atoms with van der Waals surface area (Å²) in [5.74, 6) is -3.15. The van der Waals surface area contributed by atoms with E-state index in [-0.39, 0.29) is 15.8 Å². The molecule has 32 heavy (non-hydrogen) atoms. The van der Waals surface area contributed by atoms with Gasteiger partial charge in [-0.25, -0.2) is 0 Å². The molecule has 1 atom stereocenters. The van der Waals surface area contributed by atoms with Gasteiger partial charge in [0, 0.05) is 16.6 Å². The molecular weight excluding hydrogens is 458 g/mol. The second-order valence-electron chi connectivity index (χ2n) is 7.48. The van der Waals surface area contributed by atoms with Crippen LogP contribution in [0, 0.1) is 0 Å². The minimum atomic E-state index is -5.34. The van der Waals surface area contributed by atoms with Gasteiger partial charge in [0.1, 0.15) is 0 Å². The summed E-state index contributed by atoms with van der Waals surface area (Å²) in [6, 6.07) is 3.70. The van der Waals surface area contributed by atoms with Crippen LogP contribution in [0.25, 0.3) is 0 Å². The van der Waals surface area contributed by atoms with E-state index in [1.165, 1.54) is 12.1 Å². The lowest BCUT2D eigenvalue weighted by Crippen LogP contribution is -2.50. The molecule has 1 heterocycles. The van der Waals surface area contributed by atoms with Crippen molar-refractivity contribution in [2.75, 3.05) is 4.90 Å². The van der Waals surface area contributed by atoms with Crippen molar-refractivity contribution in [2.24, 2.45) is 0 Å². The fraction of sp³-hybridized carbons (Fsp3) is 0.429. The van der Waals surface area contributed by atoms with E-state index in [1.807, 2.05) is 0 Å². The van der Waals surface area contributed by atoms with E-state index in [0.717, 1.165) is 42.7 Å². The molecule has 1 fully saturated rings. The number of benzene rings is 1. The normalized spacial score (nSPS) is 16.4. The second-order valence-corrected chi connectivity index (χ2v) is 8.46. The molecule has 1 aliphatic carbocycles. The van der Waals surface area contributed by atoms with Crippen molar-refractivity contribution < 1.29 is 35.9 Å². The quantitative estimate of drug-likeness (QED) is 0.548. The van der Waals surface area contributed by atoms with Crippen molar-refractivity contribution in [1.82, 2.24) is 5.32 Å². The summed E-state index contributed by atoms with van der Waals surface area (Å²) in [6.45, 7) is 0. The van der Waals surface area contributed by atoms with Crippen LogP contribution in [0.1, 0.15) is 48.6 Å². The summed E-state index contributed by atoms with van der Waals surface area (Å²) in [5.41, 5.74) is -1.54. The Morgan fingerprint density at radius 2 is 1.59 bits per heavy atom. The maximum absolute atomic E-state index is 13.5. The maximum Gasteiger partial charge on any atom is 0.471 e. The van der Waals surface area contributed by atoms with Crippen molar-refractivity contribution in [3.8, 4) is 0 Å². The van der Waals surface area contributed by atoms with E-state index in [9.17, 15) is 35.9 Å². The van der Waals surface area contributed by atoms with Crippen LogP contribution in [0.5, 0.6) is 0 Å². The van der Waals surface area contributed by atoms with Crippen molar-refractivity contribution in [3.05, 3.63) is 52.2 Å². The van der Waals surface area contributed by atoms with Gasteiger partial charge in [-0.2, -0.15) is 26.3 Å². The maximum atomic E-state index is 13.5. The number of nitrogens with zero attached hydrogens (tertiary/aromatic N) is 1. The zero-order chi connectivity index (χ0) is 23.5. The van der Waals surface area contributed by atoms with Crippen LogP contribution < -0.4 is 10.2 Å². The summed E-state index contributed by atoms with van der Waals surface area (Å²) < 4.78 is 79.2. The first-order chi connectivity index (χ1) is 15.0. The number of hydrogen-bond acceptors (Lipinski definition) is 3. The number of carbonyl (C=O) groups excluding carboxylic acids is 2. The van der Waals surface area contributed by atoms with Gasteiger partial charge in [-0.3, -0.25) is 14.5 Å². The fourth-order valence-corrected chi connectivity index (χ4v) is 4.49. The molecule has 0 unspecified atom stereocenters. The minimum absolute atomic E-state index is 0.163. The van der Waals surface area contributed by atoms with E-state index < -0.39 is 41.5 Å². The molecule has 11 heteroatoms. The first-order valence-electron chi connectivity index (χ1n) is 9.90. The Morgan fingerprint density at radius 1 is 0.969 bits per heavy atom. The summed E-state index contributed by atoms with van der Waals surface area (Å²) in [5, 5.41) is 4.27. The number of halogens is 6. The Bertz CT molecular complexity index is 919. The Hall–Kier alpha value is -2.56. The highest BCUT2D eigenvalue weighted by atomic mass is 32.1. The molecule has 0 aliphatic heterocycles. The van der Waals surface area contributed by atoms with Crippen LogP contribution in [-0.2, 0) is 15.8 Å². The smallest absolute Gasteiger partial charge is 0.351 e. The minimum Gasteiger partial charge on any atom is -0.351 e. The topological polar surface area (TPSA) is 49.4 Å². The van der Waals surface area contributed by atoms with Gasteiger partial charge in [0.25, 0.3) is 0 Å². The van der Waals surface area contributed by atoms with Crippen LogP contribution in [-0.4, -0.2) is 24.0 Å². The monoisotopic (exact) mass is 478 g/mol. The predicted octanol–water partition coefficient (Wildman–Crippen LogP) is 5.85. The van der Waals surface area contributed by atoms with Gasteiger partial charge in [0.2, 0.25) is 5.91 Å². The van der Waals surface area contributed by atoms with Gasteiger partial charge in [-0.05, 0) is 48.6 Å². The standard InChI is InChI=1S/C21H20F6N2O2S/c22-20(23,24)13-8-10-15(11-9-13)29(19(31)21(25,26)27)17(16-7-4-12-32-16)18(30)28-14-5-2-1-3-6-14/h4,7-12,14,17H,1-3,5-6H2,(H,28,30)/t17-/m1/s1. The Kier molecular flexibility index (Phi) is 7.16. The van der Waals surface area contributed by atoms with Gasteiger partial charge in [-0.15, -0.1) is 11.3 Å². The number of nitrogens with one attached hydrogen (secondary N) is 1. The molecule has 0 saturated heterocycles. The van der Waals surface area contributed by atoms with Gasteiger partial charge >= 0.3 is 18.3 Å². The third kappa shape index (κ3) is 5.62. The molecule has 2 amide bonds. The number of rotatable bonds is 5. The van der Waals surface area contributed by atoms with Crippen LogP contribution >= 0.6 is 11.3 Å². The van der Waals surface area contributed by atoms with E-state index in [2.05, 4.69) is 5.32 Å². The third-order valence-electron chi connectivity index (χ3n) is 5.20. The molecular formula is C21H20F6N2O2S. The number of amides is 2. The molecule has 0 spiro atoms. The molecule has 1 N–H and O–H groups in total. The molecule has 1 saturated carbocycles. The summed E-state index contributed by atoms with van der Waals surface area (Å²) in [6.07, 6.45) is -6.01. The van der Waals surface area contributed by atoms with E-state index in [4.69, 9.17) is 0 Å². The number of anilines is 1. The zero-order valence-electron chi connectivity index (χ0n) is 16.7. The molecule has 0 radical (unpaired) electrons. The van der Waals surface area contributed by atoms with E-state index >= 15 is 0 Å². The van der Waals surface area contributed by atoms with Crippen molar-refractivity contribution >= 4 is 28.8 Å². The molecule has 1 aromatic heterocycles. The largest absolute Gasteiger partial charge is 0.471 e. The molecule has 2 aromatic rings. The molecule has 0 bridgehead atoms. The van der Waals surface area contributed by atoms with Crippen LogP contribution in [0.2, 0.25) is 0 Å². The Morgan fingerprint density at radius 3 is 2.09 bits per heavy atom. The lowest BCUT2D eigenvalue weighted by Gasteiger charge is -2.33. The van der Waals surface area contributed by atoms with Crippen molar-refractivity contribution in [3.63, 3.8) is 0 Å². The number of thiophene rings is 1. The highest BCUT2D eigenvalue weighted by Gasteiger charge is 2.48. The van der Waals surface area contributed by atoms with E-state index in [0.29, 0.717) is 25.0 Å². The van der Waals surface area contributed by atoms with Crippen molar-refractivity contribution in [1.29, 1.82) is 0 Å². The second kappa shape index (κ2) is 9.51. The molecule has 1 aromatic carbocycles. The SMILES string of the molecule is O=C(NC1CCCCC1)[C@@H](c1cccs1)N(C(=O)C(F)(F)F)c1ccc(C(F)(F)F)cc1. The van der Waals surface area contributed by atoms with E-state index in [1.54, 1.807) is 5.38 Å². The van der Waals surface area contributed by atoms with Crippen LogP contribution in [0.15, 0.2) is 41.8 Å². The Labute approximate surface area is 184 Å².